The summed E-state index contributed by atoms with van der Waals surface area (Å²) in [4.78, 5) is 0. The van der Waals surface area contributed by atoms with Crippen LogP contribution in [0.4, 0.5) is 5.69 Å². The van der Waals surface area contributed by atoms with Crippen LogP contribution < -0.4 is 5.32 Å². The third-order valence-electron chi connectivity index (χ3n) is 2.09. The van der Waals surface area contributed by atoms with Crippen LogP contribution in [0, 0.1) is 5.92 Å². The van der Waals surface area contributed by atoms with Gasteiger partial charge in [-0.25, -0.2) is 0 Å². The lowest BCUT2D eigenvalue weighted by Gasteiger charge is -2.02. The summed E-state index contributed by atoms with van der Waals surface area (Å²) in [7, 11) is 0. The van der Waals surface area contributed by atoms with Gasteiger partial charge in [-0.3, -0.25) is 0 Å². The predicted octanol–water partition coefficient (Wildman–Crippen LogP) is 1.95. The Hall–Kier alpha value is -0.830. The van der Waals surface area contributed by atoms with Crippen LogP contribution in [0.3, 0.4) is 0 Å². The lowest BCUT2D eigenvalue weighted by atomic mass is 10.4. The van der Waals surface area contributed by atoms with Gasteiger partial charge in [0.05, 0.1) is 11.9 Å². The first-order chi connectivity index (χ1) is 5.75. The molecule has 0 aromatic carbocycles. The quantitative estimate of drug-likeness (QED) is 0.762. The van der Waals surface area contributed by atoms with Crippen molar-refractivity contribution >= 4 is 17.3 Å². The SMILES string of the molecule is CC1CC1Nc1cnnc(Cl)c1. The van der Waals surface area contributed by atoms with Crippen molar-refractivity contribution < 1.29 is 0 Å². The van der Waals surface area contributed by atoms with Crippen molar-refractivity contribution in [2.24, 2.45) is 5.92 Å². The molecule has 1 saturated carbocycles. The number of hydrogen-bond donors (Lipinski definition) is 1. The number of aromatic nitrogens is 2. The van der Waals surface area contributed by atoms with E-state index in [1.54, 1.807) is 12.3 Å². The molecule has 12 heavy (non-hydrogen) atoms. The van der Waals surface area contributed by atoms with Crippen LogP contribution >= 0.6 is 11.6 Å². The molecule has 1 aliphatic carbocycles. The molecule has 0 spiro atoms. The number of nitrogens with one attached hydrogen (secondary N) is 1. The molecule has 1 aliphatic rings. The molecule has 0 bridgehead atoms. The van der Waals surface area contributed by atoms with Gasteiger partial charge >= 0.3 is 0 Å². The maximum atomic E-state index is 5.67. The topological polar surface area (TPSA) is 37.8 Å². The summed E-state index contributed by atoms with van der Waals surface area (Å²) in [6.07, 6.45) is 2.93. The van der Waals surface area contributed by atoms with E-state index in [9.17, 15) is 0 Å². The Morgan fingerprint density at radius 2 is 2.42 bits per heavy atom. The zero-order valence-corrected chi connectivity index (χ0v) is 7.54. The second kappa shape index (κ2) is 2.90. The lowest BCUT2D eigenvalue weighted by molar-refractivity contribution is 0.924. The third-order valence-corrected chi connectivity index (χ3v) is 2.27. The zero-order valence-electron chi connectivity index (χ0n) is 6.79. The highest BCUT2D eigenvalue weighted by Gasteiger charge is 2.32. The predicted molar refractivity (Wildman–Crippen MR) is 48.2 cm³/mol. The number of nitrogens with zero attached hydrogens (tertiary/aromatic N) is 2. The summed E-state index contributed by atoms with van der Waals surface area (Å²) in [5.41, 5.74) is 0.962. The van der Waals surface area contributed by atoms with E-state index in [0.29, 0.717) is 11.2 Å². The van der Waals surface area contributed by atoms with Crippen molar-refractivity contribution in [2.75, 3.05) is 5.32 Å². The highest BCUT2D eigenvalue weighted by molar-refractivity contribution is 6.29. The highest BCUT2D eigenvalue weighted by atomic mass is 35.5. The van der Waals surface area contributed by atoms with Gasteiger partial charge in [-0.15, -0.1) is 5.10 Å². The molecule has 1 fully saturated rings. The van der Waals surface area contributed by atoms with Crippen LogP contribution in [0.5, 0.6) is 0 Å². The lowest BCUT2D eigenvalue weighted by Crippen LogP contribution is -2.03. The molecule has 2 rings (SSSR count). The van der Waals surface area contributed by atoms with Gasteiger partial charge in [-0.1, -0.05) is 18.5 Å². The van der Waals surface area contributed by atoms with Crippen molar-refractivity contribution in [3.8, 4) is 0 Å². The molecule has 64 valence electrons. The Bertz CT molecular complexity index is 289. The van der Waals surface area contributed by atoms with Gasteiger partial charge in [0.2, 0.25) is 0 Å². The van der Waals surface area contributed by atoms with Crippen LogP contribution in [0.2, 0.25) is 5.15 Å². The molecular weight excluding hydrogens is 174 g/mol. The van der Waals surface area contributed by atoms with Crippen molar-refractivity contribution in [1.29, 1.82) is 0 Å². The Labute approximate surface area is 76.1 Å². The zero-order chi connectivity index (χ0) is 8.55. The van der Waals surface area contributed by atoms with Gasteiger partial charge < -0.3 is 5.32 Å². The van der Waals surface area contributed by atoms with Crippen molar-refractivity contribution in [1.82, 2.24) is 10.2 Å². The van der Waals surface area contributed by atoms with Crippen LogP contribution in [0.1, 0.15) is 13.3 Å². The highest BCUT2D eigenvalue weighted by Crippen LogP contribution is 2.32. The van der Waals surface area contributed by atoms with E-state index in [-0.39, 0.29) is 0 Å². The minimum Gasteiger partial charge on any atom is -0.381 e. The number of halogens is 1. The average Bonchev–Trinajstić information content (AvgIpc) is 2.66. The van der Waals surface area contributed by atoms with Gasteiger partial charge in [-0.2, -0.15) is 5.10 Å². The number of hydrogen-bond acceptors (Lipinski definition) is 3. The van der Waals surface area contributed by atoms with Crippen molar-refractivity contribution in [3.05, 3.63) is 17.4 Å². The first-order valence-electron chi connectivity index (χ1n) is 4.00. The standard InChI is InChI=1S/C8H10ClN3/c1-5-2-7(5)11-6-3-8(9)12-10-4-6/h3-5,7H,2H2,1H3,(H,11,12). The second-order valence-electron chi connectivity index (χ2n) is 3.23. The van der Waals surface area contributed by atoms with Gasteiger partial charge in [-0.05, 0) is 12.3 Å². The molecule has 2 unspecified atom stereocenters. The third kappa shape index (κ3) is 1.67. The molecule has 0 amide bonds. The van der Waals surface area contributed by atoms with Crippen LogP contribution in [0.25, 0.3) is 0 Å². The van der Waals surface area contributed by atoms with E-state index in [1.165, 1.54) is 6.42 Å². The fourth-order valence-corrected chi connectivity index (χ4v) is 1.32. The first kappa shape index (κ1) is 7.80. The molecule has 1 aromatic heterocycles. The summed E-state index contributed by atoms with van der Waals surface area (Å²) < 4.78 is 0. The summed E-state index contributed by atoms with van der Waals surface area (Å²) in [6, 6.07) is 2.39. The Balaban J connectivity index is 2.03. The Morgan fingerprint density at radius 1 is 1.67 bits per heavy atom. The molecule has 0 saturated heterocycles. The summed E-state index contributed by atoms with van der Waals surface area (Å²) in [5.74, 6) is 0.775. The maximum absolute atomic E-state index is 5.67. The molecule has 3 nitrogen and oxygen atoms in total. The van der Waals surface area contributed by atoms with E-state index in [0.717, 1.165) is 11.6 Å². The van der Waals surface area contributed by atoms with Crippen LogP contribution in [-0.4, -0.2) is 16.2 Å². The molecule has 0 aliphatic heterocycles. The minimum absolute atomic E-state index is 0.438. The van der Waals surface area contributed by atoms with Gasteiger partial charge in [0.1, 0.15) is 0 Å². The largest absolute Gasteiger partial charge is 0.381 e. The molecule has 1 aromatic rings. The van der Waals surface area contributed by atoms with E-state index in [2.05, 4.69) is 22.4 Å². The van der Waals surface area contributed by atoms with E-state index in [4.69, 9.17) is 11.6 Å². The molecule has 4 heteroatoms. The smallest absolute Gasteiger partial charge is 0.153 e. The molecule has 1 N–H and O–H groups in total. The minimum atomic E-state index is 0.438. The Kier molecular flexibility index (Phi) is 1.89. The molecule has 1 heterocycles. The van der Waals surface area contributed by atoms with Gasteiger partial charge in [0.25, 0.3) is 0 Å². The fourth-order valence-electron chi connectivity index (χ4n) is 1.16. The molecule has 0 radical (unpaired) electrons. The normalized spacial score (nSPS) is 26.8. The second-order valence-corrected chi connectivity index (χ2v) is 3.62. The summed E-state index contributed by atoms with van der Waals surface area (Å²) in [6.45, 7) is 2.22. The Morgan fingerprint density at radius 3 is 3.00 bits per heavy atom. The number of rotatable bonds is 2. The van der Waals surface area contributed by atoms with E-state index >= 15 is 0 Å². The van der Waals surface area contributed by atoms with Crippen LogP contribution in [-0.2, 0) is 0 Å². The van der Waals surface area contributed by atoms with Crippen molar-refractivity contribution in [3.63, 3.8) is 0 Å². The van der Waals surface area contributed by atoms with Gasteiger partial charge in [0, 0.05) is 12.1 Å². The molecular formula is C8H10ClN3. The summed E-state index contributed by atoms with van der Waals surface area (Å²) in [5, 5.41) is 11.2. The van der Waals surface area contributed by atoms with E-state index in [1.807, 2.05) is 0 Å². The first-order valence-corrected chi connectivity index (χ1v) is 4.38. The number of anilines is 1. The molecule has 2 atom stereocenters. The average molecular weight is 184 g/mol. The maximum Gasteiger partial charge on any atom is 0.153 e. The monoisotopic (exact) mass is 183 g/mol. The van der Waals surface area contributed by atoms with E-state index < -0.39 is 0 Å². The summed E-state index contributed by atoms with van der Waals surface area (Å²) >= 11 is 5.67. The van der Waals surface area contributed by atoms with Gasteiger partial charge in [0.15, 0.2) is 5.15 Å². The van der Waals surface area contributed by atoms with Crippen LogP contribution in [0.15, 0.2) is 12.3 Å². The fraction of sp³-hybridized carbons (Fsp3) is 0.500. The van der Waals surface area contributed by atoms with Crippen molar-refractivity contribution in [2.45, 2.75) is 19.4 Å².